The van der Waals surface area contributed by atoms with Crippen molar-refractivity contribution >= 4 is 26.7 Å². The third-order valence-corrected chi connectivity index (χ3v) is 6.49. The molecule has 0 spiro atoms. The van der Waals surface area contributed by atoms with Crippen molar-refractivity contribution in [3.05, 3.63) is 59.9 Å². The van der Waals surface area contributed by atoms with Gasteiger partial charge in [0.2, 0.25) is 10.0 Å². The number of sulfonamides is 1. The molecule has 28 heavy (non-hydrogen) atoms. The maximum absolute atomic E-state index is 12.9. The van der Waals surface area contributed by atoms with Gasteiger partial charge in [-0.25, -0.2) is 18.1 Å². The van der Waals surface area contributed by atoms with Crippen LogP contribution in [0, 0.1) is 6.92 Å². The van der Waals surface area contributed by atoms with Crippen molar-refractivity contribution in [3.63, 3.8) is 0 Å². The molecule has 6 nitrogen and oxygen atoms in total. The Morgan fingerprint density at radius 3 is 2.71 bits per heavy atom. The van der Waals surface area contributed by atoms with Crippen LogP contribution in [0.15, 0.2) is 53.7 Å². The second-order valence-corrected chi connectivity index (χ2v) is 8.97. The van der Waals surface area contributed by atoms with Crippen LogP contribution in [0.25, 0.3) is 10.9 Å². The van der Waals surface area contributed by atoms with Gasteiger partial charge in [-0.15, -0.1) is 0 Å². The lowest BCUT2D eigenvalue weighted by atomic mass is 10.1. The number of pyridine rings is 2. The molecule has 1 aliphatic rings. The molecule has 0 unspecified atom stereocenters. The number of aromatic nitrogens is 2. The number of nitrogens with one attached hydrogen (secondary N) is 1. The monoisotopic (exact) mass is 396 g/mol. The molecular formula is C21H24N4O2S. The molecule has 3 aromatic rings. The first-order valence-electron chi connectivity index (χ1n) is 9.58. The number of rotatable bonds is 5. The minimum absolute atomic E-state index is 0.204. The Morgan fingerprint density at radius 1 is 1.07 bits per heavy atom. The normalized spacial score (nSPS) is 15.1. The van der Waals surface area contributed by atoms with Gasteiger partial charge in [0.15, 0.2) is 0 Å². The van der Waals surface area contributed by atoms with E-state index in [9.17, 15) is 8.42 Å². The highest BCUT2D eigenvalue weighted by molar-refractivity contribution is 7.89. The van der Waals surface area contributed by atoms with Gasteiger partial charge in [0, 0.05) is 37.4 Å². The minimum atomic E-state index is -3.68. The van der Waals surface area contributed by atoms with Crippen LogP contribution in [0.4, 0.5) is 5.82 Å². The van der Waals surface area contributed by atoms with E-state index >= 15 is 0 Å². The Labute approximate surface area is 165 Å². The molecule has 0 radical (unpaired) electrons. The molecule has 0 atom stereocenters. The van der Waals surface area contributed by atoms with Gasteiger partial charge in [0.05, 0.1) is 5.52 Å². The lowest BCUT2D eigenvalue weighted by Crippen LogP contribution is -2.30. The Morgan fingerprint density at radius 2 is 1.89 bits per heavy atom. The summed E-state index contributed by atoms with van der Waals surface area (Å²) in [5.74, 6) is 0.915. The zero-order valence-corrected chi connectivity index (χ0v) is 16.7. The first-order chi connectivity index (χ1) is 13.5. The van der Waals surface area contributed by atoms with Crippen molar-refractivity contribution in [2.24, 2.45) is 0 Å². The number of fused-ring (bicyclic) bond motifs is 1. The second-order valence-electron chi connectivity index (χ2n) is 7.24. The summed E-state index contributed by atoms with van der Waals surface area (Å²) >= 11 is 0. The molecular weight excluding hydrogens is 372 g/mol. The van der Waals surface area contributed by atoms with Crippen LogP contribution in [0.2, 0.25) is 0 Å². The van der Waals surface area contributed by atoms with E-state index in [1.54, 1.807) is 24.5 Å². The molecule has 2 aromatic heterocycles. The van der Waals surface area contributed by atoms with Crippen LogP contribution >= 0.6 is 0 Å². The Balaban J connectivity index is 1.55. The van der Waals surface area contributed by atoms with Crippen LogP contribution in [-0.4, -0.2) is 31.5 Å². The van der Waals surface area contributed by atoms with Crippen LogP contribution in [0.1, 0.15) is 30.4 Å². The number of aryl methyl sites for hydroxylation is 1. The smallest absolute Gasteiger partial charge is 0.243 e. The van der Waals surface area contributed by atoms with Crippen LogP contribution < -0.4 is 9.62 Å². The summed E-state index contributed by atoms with van der Waals surface area (Å²) in [6, 6.07) is 11.0. The largest absolute Gasteiger partial charge is 0.357 e. The molecule has 1 fully saturated rings. The fourth-order valence-electron chi connectivity index (χ4n) is 3.58. The third kappa shape index (κ3) is 4.00. The predicted octanol–water partition coefficient (Wildman–Crippen LogP) is 3.41. The van der Waals surface area contributed by atoms with E-state index in [-0.39, 0.29) is 11.4 Å². The number of para-hydroxylation sites is 1. The number of hydrogen-bond donors (Lipinski definition) is 1. The number of nitrogens with zero attached hydrogens (tertiary/aromatic N) is 3. The van der Waals surface area contributed by atoms with E-state index < -0.39 is 10.0 Å². The molecule has 3 heterocycles. The van der Waals surface area contributed by atoms with Gasteiger partial charge < -0.3 is 4.90 Å². The van der Waals surface area contributed by atoms with Gasteiger partial charge in [-0.3, -0.25) is 4.98 Å². The molecule has 0 amide bonds. The Hall–Kier alpha value is -2.51. The van der Waals surface area contributed by atoms with Crippen molar-refractivity contribution in [2.45, 2.75) is 37.6 Å². The highest BCUT2D eigenvalue weighted by Crippen LogP contribution is 2.22. The van der Waals surface area contributed by atoms with Gasteiger partial charge in [-0.1, -0.05) is 12.1 Å². The molecule has 0 saturated carbocycles. The summed E-state index contributed by atoms with van der Waals surface area (Å²) in [5, 5.41) is 0.819. The van der Waals surface area contributed by atoms with Gasteiger partial charge in [0.25, 0.3) is 0 Å². The number of benzene rings is 1. The maximum atomic E-state index is 12.9. The summed E-state index contributed by atoms with van der Waals surface area (Å²) < 4.78 is 28.5. The molecule has 7 heteroatoms. The van der Waals surface area contributed by atoms with Gasteiger partial charge in [-0.2, -0.15) is 0 Å². The number of piperidine rings is 1. The first kappa shape index (κ1) is 18.8. The quantitative estimate of drug-likeness (QED) is 0.715. The summed E-state index contributed by atoms with van der Waals surface area (Å²) in [7, 11) is -3.68. The van der Waals surface area contributed by atoms with Crippen LogP contribution in [-0.2, 0) is 16.6 Å². The second kappa shape index (κ2) is 7.85. The molecule has 1 aliphatic heterocycles. The topological polar surface area (TPSA) is 75.2 Å². The maximum Gasteiger partial charge on any atom is 0.243 e. The highest BCUT2D eigenvalue weighted by atomic mass is 32.2. The molecule has 146 valence electrons. The van der Waals surface area contributed by atoms with E-state index in [0.29, 0.717) is 5.52 Å². The fraction of sp³-hybridized carbons (Fsp3) is 0.333. The first-order valence-corrected chi connectivity index (χ1v) is 11.1. The van der Waals surface area contributed by atoms with Gasteiger partial charge in [-0.05, 0) is 61.6 Å². The average molecular weight is 397 g/mol. The summed E-state index contributed by atoms with van der Waals surface area (Å²) in [4.78, 5) is 11.3. The fourth-order valence-corrected chi connectivity index (χ4v) is 4.78. The molecule has 0 bridgehead atoms. The zero-order chi connectivity index (χ0) is 19.6. The standard InChI is InChI=1S/C21H24N4O2S/c1-16-12-18-6-5-7-19(21(18)23-14-16)28(26,27)24-15-17-8-9-22-20(13-17)25-10-3-2-4-11-25/h5-9,12-14,24H,2-4,10-11,15H2,1H3. The Bertz CT molecular complexity index is 1090. The summed E-state index contributed by atoms with van der Waals surface area (Å²) in [6.07, 6.45) is 7.04. The summed E-state index contributed by atoms with van der Waals surface area (Å²) in [6.45, 7) is 4.16. The van der Waals surface area contributed by atoms with Gasteiger partial charge >= 0.3 is 0 Å². The number of anilines is 1. The third-order valence-electron chi connectivity index (χ3n) is 5.06. The van der Waals surface area contributed by atoms with E-state index in [4.69, 9.17) is 0 Å². The lowest BCUT2D eigenvalue weighted by Gasteiger charge is -2.27. The van der Waals surface area contributed by atoms with Crippen molar-refractivity contribution in [1.82, 2.24) is 14.7 Å². The Kier molecular flexibility index (Phi) is 5.28. The van der Waals surface area contributed by atoms with Crippen molar-refractivity contribution < 1.29 is 8.42 Å². The van der Waals surface area contributed by atoms with E-state index in [0.717, 1.165) is 35.4 Å². The van der Waals surface area contributed by atoms with Crippen LogP contribution in [0.5, 0.6) is 0 Å². The SMILES string of the molecule is Cc1cnc2c(S(=O)(=O)NCc3ccnc(N4CCCCC4)c3)cccc2c1. The van der Waals surface area contributed by atoms with Crippen molar-refractivity contribution in [2.75, 3.05) is 18.0 Å². The van der Waals surface area contributed by atoms with E-state index in [2.05, 4.69) is 19.6 Å². The molecule has 1 saturated heterocycles. The van der Waals surface area contributed by atoms with Gasteiger partial charge in [0.1, 0.15) is 10.7 Å². The summed E-state index contributed by atoms with van der Waals surface area (Å²) in [5.41, 5.74) is 2.38. The van der Waals surface area contributed by atoms with Crippen molar-refractivity contribution in [3.8, 4) is 0 Å². The average Bonchev–Trinajstić information content (AvgIpc) is 2.72. The predicted molar refractivity (Wildman–Crippen MR) is 111 cm³/mol. The number of hydrogen-bond acceptors (Lipinski definition) is 5. The lowest BCUT2D eigenvalue weighted by molar-refractivity contribution is 0.572. The van der Waals surface area contributed by atoms with E-state index in [1.165, 1.54) is 19.3 Å². The highest BCUT2D eigenvalue weighted by Gasteiger charge is 2.19. The minimum Gasteiger partial charge on any atom is -0.357 e. The van der Waals surface area contributed by atoms with E-state index in [1.807, 2.05) is 31.2 Å². The van der Waals surface area contributed by atoms with Crippen LogP contribution in [0.3, 0.4) is 0 Å². The molecule has 0 aliphatic carbocycles. The molecule has 1 aromatic carbocycles. The zero-order valence-electron chi connectivity index (χ0n) is 15.9. The van der Waals surface area contributed by atoms with Crippen molar-refractivity contribution in [1.29, 1.82) is 0 Å². The molecule has 4 rings (SSSR count). The molecule has 1 N–H and O–H groups in total.